The molecule has 0 amide bonds. The number of ether oxygens (including phenoxy) is 3. The molecule has 0 N–H and O–H groups in total. The summed E-state index contributed by atoms with van der Waals surface area (Å²) in [5.41, 5.74) is 0. The van der Waals surface area contributed by atoms with Crippen molar-refractivity contribution in [2.45, 2.75) is 303 Å². The number of hydrogen-bond donors (Lipinski definition) is 0. The summed E-state index contributed by atoms with van der Waals surface area (Å²) < 4.78 is 16.8. The molecule has 0 spiro atoms. The van der Waals surface area contributed by atoms with Gasteiger partial charge in [0.2, 0.25) is 0 Å². The van der Waals surface area contributed by atoms with Crippen LogP contribution in [0.25, 0.3) is 0 Å². The highest BCUT2D eigenvalue weighted by Crippen LogP contribution is 2.16. The molecule has 0 aliphatic carbocycles. The molecule has 384 valence electrons. The van der Waals surface area contributed by atoms with E-state index in [1.165, 1.54) is 193 Å². The summed E-state index contributed by atoms with van der Waals surface area (Å²) in [5, 5.41) is 0. The highest BCUT2D eigenvalue weighted by Gasteiger charge is 2.19. The summed E-state index contributed by atoms with van der Waals surface area (Å²) >= 11 is 0. The first-order valence-electron chi connectivity index (χ1n) is 28.6. The fourth-order valence-corrected chi connectivity index (χ4v) is 8.22. The molecule has 0 rings (SSSR count). The first kappa shape index (κ1) is 63.4. The van der Waals surface area contributed by atoms with Crippen molar-refractivity contribution in [3.63, 3.8) is 0 Å². The largest absolute Gasteiger partial charge is 0.462 e. The molecule has 1 unspecified atom stereocenters. The zero-order chi connectivity index (χ0) is 47.9. The third kappa shape index (κ3) is 52.3. The monoisotopic (exact) mass is 925 g/mol. The van der Waals surface area contributed by atoms with Crippen LogP contribution in [-0.2, 0) is 28.6 Å². The van der Waals surface area contributed by atoms with E-state index in [0.29, 0.717) is 25.7 Å². The second kappa shape index (κ2) is 55.0. The van der Waals surface area contributed by atoms with Crippen LogP contribution >= 0.6 is 0 Å². The molecule has 0 aromatic rings. The van der Waals surface area contributed by atoms with E-state index in [1.807, 2.05) is 0 Å². The van der Waals surface area contributed by atoms with E-state index in [9.17, 15) is 14.4 Å². The lowest BCUT2D eigenvalue weighted by Gasteiger charge is -2.18. The molecule has 0 aliphatic heterocycles. The maximum Gasteiger partial charge on any atom is 0.306 e. The predicted molar refractivity (Wildman–Crippen MR) is 284 cm³/mol. The molecule has 0 saturated carbocycles. The van der Waals surface area contributed by atoms with Crippen LogP contribution in [0.4, 0.5) is 0 Å². The smallest absolute Gasteiger partial charge is 0.306 e. The first-order valence-corrected chi connectivity index (χ1v) is 28.6. The summed E-state index contributed by atoms with van der Waals surface area (Å²) in [4.78, 5) is 38.1. The molecule has 1 atom stereocenters. The lowest BCUT2D eigenvalue weighted by atomic mass is 10.0. The van der Waals surface area contributed by atoms with Crippen LogP contribution in [-0.4, -0.2) is 37.2 Å². The number of unbranched alkanes of at least 4 members (excludes halogenated alkanes) is 33. The van der Waals surface area contributed by atoms with Gasteiger partial charge in [-0.15, -0.1) is 0 Å². The Kier molecular flexibility index (Phi) is 52.8. The molecule has 0 heterocycles. The third-order valence-electron chi connectivity index (χ3n) is 12.6. The standard InChI is InChI=1S/C60H108O6/c1-4-7-10-13-16-19-22-25-28-30-33-35-38-41-44-47-50-53-59(62)65-56-57(55-64-58(61)52-49-46-43-40-37-34-31-27-24-21-18-15-12-9-6-3)66-60(63)54-51-48-45-42-39-36-32-29-26-23-20-17-14-11-8-5-2/h21,24-25,28,33,35,41,44,57H,4-20,22-23,26-27,29-32,34,36-40,42-43,45-56H2,1-3H3/b24-21-,28-25-,35-33-,44-41-. The molecule has 0 aromatic carbocycles. The fourth-order valence-electron chi connectivity index (χ4n) is 8.22. The van der Waals surface area contributed by atoms with Gasteiger partial charge in [0.15, 0.2) is 6.10 Å². The Morgan fingerprint density at radius 3 is 0.939 bits per heavy atom. The average molecular weight is 926 g/mol. The molecule has 6 heteroatoms. The minimum Gasteiger partial charge on any atom is -0.462 e. The van der Waals surface area contributed by atoms with Crippen molar-refractivity contribution in [1.82, 2.24) is 0 Å². The van der Waals surface area contributed by atoms with Crippen LogP contribution in [0.2, 0.25) is 0 Å². The molecule has 66 heavy (non-hydrogen) atoms. The van der Waals surface area contributed by atoms with Crippen molar-refractivity contribution in [3.8, 4) is 0 Å². The number of allylic oxidation sites excluding steroid dienone is 8. The van der Waals surface area contributed by atoms with E-state index in [2.05, 4.69) is 69.4 Å². The van der Waals surface area contributed by atoms with Crippen molar-refractivity contribution < 1.29 is 28.6 Å². The van der Waals surface area contributed by atoms with Gasteiger partial charge in [-0.2, -0.15) is 0 Å². The maximum absolute atomic E-state index is 12.8. The van der Waals surface area contributed by atoms with Crippen LogP contribution < -0.4 is 0 Å². The van der Waals surface area contributed by atoms with Crippen molar-refractivity contribution >= 4 is 17.9 Å². The Hall–Kier alpha value is -2.63. The molecule has 0 aliphatic rings. The van der Waals surface area contributed by atoms with Crippen LogP contribution in [0.1, 0.15) is 297 Å². The van der Waals surface area contributed by atoms with Gasteiger partial charge in [-0.1, -0.05) is 249 Å². The normalized spacial score (nSPS) is 12.3. The van der Waals surface area contributed by atoms with Gasteiger partial charge in [-0.25, -0.2) is 0 Å². The van der Waals surface area contributed by atoms with Crippen molar-refractivity contribution in [2.24, 2.45) is 0 Å². The van der Waals surface area contributed by atoms with Crippen molar-refractivity contribution in [1.29, 1.82) is 0 Å². The fraction of sp³-hybridized carbons (Fsp3) is 0.817. The highest BCUT2D eigenvalue weighted by molar-refractivity contribution is 5.71. The SMILES string of the molecule is CCCCCC/C=C\CCCCCCCCCC(=O)OCC(COC(=O)CCC/C=C\C/C=C\C/C=C\CCCCCCCC)OC(=O)CCCCCCCCCCCCCCCCCC. The highest BCUT2D eigenvalue weighted by atomic mass is 16.6. The lowest BCUT2D eigenvalue weighted by molar-refractivity contribution is -0.167. The number of carbonyl (C=O) groups is 3. The molecule has 0 aromatic heterocycles. The quantitative estimate of drug-likeness (QED) is 0.0262. The van der Waals surface area contributed by atoms with Gasteiger partial charge >= 0.3 is 17.9 Å². The Morgan fingerprint density at radius 1 is 0.303 bits per heavy atom. The summed E-state index contributed by atoms with van der Waals surface area (Å²) in [7, 11) is 0. The van der Waals surface area contributed by atoms with E-state index < -0.39 is 6.10 Å². The van der Waals surface area contributed by atoms with Gasteiger partial charge in [0.1, 0.15) is 13.2 Å². The summed E-state index contributed by atoms with van der Waals surface area (Å²) in [6, 6.07) is 0. The third-order valence-corrected chi connectivity index (χ3v) is 12.6. The Balaban J connectivity index is 4.43. The van der Waals surface area contributed by atoms with Crippen LogP contribution in [0.15, 0.2) is 48.6 Å². The van der Waals surface area contributed by atoms with Gasteiger partial charge in [-0.3, -0.25) is 14.4 Å². The van der Waals surface area contributed by atoms with Gasteiger partial charge in [-0.05, 0) is 77.0 Å². The van der Waals surface area contributed by atoms with Crippen LogP contribution in [0.5, 0.6) is 0 Å². The van der Waals surface area contributed by atoms with E-state index in [0.717, 1.165) is 57.8 Å². The minimum absolute atomic E-state index is 0.0881. The van der Waals surface area contributed by atoms with E-state index in [1.54, 1.807) is 0 Å². The summed E-state index contributed by atoms with van der Waals surface area (Å²) in [6.07, 6.45) is 66.7. The predicted octanol–water partition coefficient (Wildman–Crippen LogP) is 19.0. The Bertz CT molecular complexity index is 1150. The average Bonchev–Trinajstić information content (AvgIpc) is 3.31. The number of hydrogen-bond acceptors (Lipinski definition) is 6. The topological polar surface area (TPSA) is 78.9 Å². The molecule has 0 bridgehead atoms. The lowest BCUT2D eigenvalue weighted by Crippen LogP contribution is -2.30. The van der Waals surface area contributed by atoms with Gasteiger partial charge in [0, 0.05) is 19.3 Å². The Morgan fingerprint density at radius 2 is 0.561 bits per heavy atom. The molecular formula is C60H108O6. The van der Waals surface area contributed by atoms with Crippen LogP contribution in [0.3, 0.4) is 0 Å². The summed E-state index contributed by atoms with van der Waals surface area (Å²) in [5.74, 6) is -0.932. The second-order valence-corrected chi connectivity index (χ2v) is 19.2. The number of rotatable bonds is 52. The van der Waals surface area contributed by atoms with E-state index >= 15 is 0 Å². The zero-order valence-corrected chi connectivity index (χ0v) is 44.0. The minimum atomic E-state index is -0.792. The molecule has 0 fully saturated rings. The molecular weight excluding hydrogens is 817 g/mol. The van der Waals surface area contributed by atoms with Crippen LogP contribution in [0, 0.1) is 0 Å². The van der Waals surface area contributed by atoms with Gasteiger partial charge in [0.05, 0.1) is 0 Å². The maximum atomic E-state index is 12.8. The number of carbonyl (C=O) groups excluding carboxylic acids is 3. The second-order valence-electron chi connectivity index (χ2n) is 19.2. The molecule has 6 nitrogen and oxygen atoms in total. The van der Waals surface area contributed by atoms with E-state index in [-0.39, 0.29) is 31.1 Å². The summed E-state index contributed by atoms with van der Waals surface area (Å²) in [6.45, 7) is 6.61. The first-order chi connectivity index (χ1) is 32.5. The zero-order valence-electron chi connectivity index (χ0n) is 44.0. The van der Waals surface area contributed by atoms with Gasteiger partial charge in [0.25, 0.3) is 0 Å². The van der Waals surface area contributed by atoms with E-state index in [4.69, 9.17) is 14.2 Å². The van der Waals surface area contributed by atoms with Crippen molar-refractivity contribution in [2.75, 3.05) is 13.2 Å². The Labute approximate surface area is 409 Å². The van der Waals surface area contributed by atoms with Gasteiger partial charge < -0.3 is 14.2 Å². The molecule has 0 saturated heterocycles. The van der Waals surface area contributed by atoms with Crippen molar-refractivity contribution in [3.05, 3.63) is 48.6 Å². The molecule has 0 radical (unpaired) electrons. The number of esters is 3.